The van der Waals surface area contributed by atoms with Gasteiger partial charge in [0.25, 0.3) is 5.91 Å². The van der Waals surface area contributed by atoms with Gasteiger partial charge in [-0.25, -0.2) is 13.1 Å². The summed E-state index contributed by atoms with van der Waals surface area (Å²) in [5.74, 6) is -0.491. The molecule has 3 N–H and O–H groups in total. The van der Waals surface area contributed by atoms with Crippen molar-refractivity contribution in [2.75, 3.05) is 6.26 Å². The van der Waals surface area contributed by atoms with E-state index >= 15 is 0 Å². The van der Waals surface area contributed by atoms with Crippen molar-refractivity contribution in [3.05, 3.63) is 0 Å². The quantitative estimate of drug-likeness (QED) is 0.570. The summed E-state index contributed by atoms with van der Waals surface area (Å²) in [6.07, 6.45) is 3.63. The summed E-state index contributed by atoms with van der Waals surface area (Å²) in [4.78, 5) is 11.7. The third-order valence-corrected chi connectivity index (χ3v) is 3.54. The Morgan fingerprint density at radius 2 is 2.06 bits per heavy atom. The monoisotopic (exact) mass is 278 g/mol. The van der Waals surface area contributed by atoms with E-state index in [1.807, 2.05) is 6.92 Å². The van der Waals surface area contributed by atoms with Gasteiger partial charge < -0.3 is 10.4 Å². The van der Waals surface area contributed by atoms with E-state index in [4.69, 9.17) is 0 Å². The summed E-state index contributed by atoms with van der Waals surface area (Å²) in [6.45, 7) is 1.97. The van der Waals surface area contributed by atoms with Crippen molar-refractivity contribution in [3.63, 3.8) is 0 Å². The first-order chi connectivity index (χ1) is 8.33. The molecule has 1 fully saturated rings. The lowest BCUT2D eigenvalue weighted by Gasteiger charge is -2.22. The van der Waals surface area contributed by atoms with E-state index < -0.39 is 28.1 Å². The maximum Gasteiger partial charge on any atom is 0.250 e. The summed E-state index contributed by atoms with van der Waals surface area (Å²) < 4.78 is 24.8. The van der Waals surface area contributed by atoms with Crippen molar-refractivity contribution in [2.45, 2.75) is 57.2 Å². The first-order valence-electron chi connectivity index (χ1n) is 6.29. The number of aliphatic hydroxyl groups excluding tert-OH is 1. The van der Waals surface area contributed by atoms with Crippen LogP contribution in [-0.2, 0) is 14.8 Å². The molecule has 18 heavy (non-hydrogen) atoms. The van der Waals surface area contributed by atoms with Gasteiger partial charge in [0.1, 0.15) is 6.10 Å². The second kappa shape index (κ2) is 6.49. The lowest BCUT2D eigenvalue weighted by atomic mass is 10.0. The van der Waals surface area contributed by atoms with Gasteiger partial charge in [-0.2, -0.15) is 0 Å². The molecule has 1 aliphatic rings. The predicted octanol–water partition coefficient (Wildman–Crippen LogP) is -0.266. The number of hydrogen-bond donors (Lipinski definition) is 3. The van der Waals surface area contributed by atoms with Crippen molar-refractivity contribution in [2.24, 2.45) is 0 Å². The van der Waals surface area contributed by atoms with E-state index in [9.17, 15) is 18.3 Å². The predicted molar refractivity (Wildman–Crippen MR) is 68.5 cm³/mol. The molecule has 0 saturated heterocycles. The van der Waals surface area contributed by atoms with Gasteiger partial charge in [-0.15, -0.1) is 0 Å². The fraction of sp³-hybridized carbons (Fsp3) is 0.909. The number of amides is 1. The van der Waals surface area contributed by atoms with Crippen molar-refractivity contribution < 1.29 is 18.3 Å². The highest BCUT2D eigenvalue weighted by Crippen LogP contribution is 2.19. The topological polar surface area (TPSA) is 95.5 Å². The molecule has 0 aromatic carbocycles. The number of nitrogens with one attached hydrogen (secondary N) is 2. The maximum absolute atomic E-state index is 11.7. The molecule has 1 amide bonds. The highest BCUT2D eigenvalue weighted by atomic mass is 32.2. The highest BCUT2D eigenvalue weighted by Gasteiger charge is 2.31. The fourth-order valence-electron chi connectivity index (χ4n) is 1.68. The maximum atomic E-state index is 11.7. The molecule has 0 aromatic heterocycles. The van der Waals surface area contributed by atoms with Crippen LogP contribution in [0.1, 0.15) is 39.0 Å². The third-order valence-electron chi connectivity index (χ3n) is 2.81. The van der Waals surface area contributed by atoms with Crippen LogP contribution in [0.3, 0.4) is 0 Å². The Hall–Kier alpha value is -0.660. The molecule has 0 aliphatic heterocycles. The van der Waals surface area contributed by atoms with Crippen LogP contribution in [-0.4, -0.2) is 43.9 Å². The van der Waals surface area contributed by atoms with Gasteiger partial charge >= 0.3 is 0 Å². The molecule has 1 aliphatic carbocycles. The Bertz CT molecular complexity index is 379. The largest absolute Gasteiger partial charge is 0.382 e. The summed E-state index contributed by atoms with van der Waals surface area (Å²) in [6, 6.07) is -0.601. The number of carbonyl (C=O) groups is 1. The molecule has 0 bridgehead atoms. The average molecular weight is 278 g/mol. The Morgan fingerprint density at radius 1 is 1.44 bits per heavy atom. The minimum atomic E-state index is -3.44. The highest BCUT2D eigenvalue weighted by molar-refractivity contribution is 7.88. The molecule has 106 valence electrons. The molecular formula is C11H22N2O4S. The zero-order valence-corrected chi connectivity index (χ0v) is 11.7. The van der Waals surface area contributed by atoms with Crippen LogP contribution in [0.15, 0.2) is 0 Å². The second-order valence-corrected chi connectivity index (χ2v) is 6.65. The third kappa shape index (κ3) is 5.79. The van der Waals surface area contributed by atoms with Crippen LogP contribution >= 0.6 is 0 Å². The summed E-state index contributed by atoms with van der Waals surface area (Å²) in [5.41, 5.74) is 0. The minimum Gasteiger partial charge on any atom is -0.382 e. The van der Waals surface area contributed by atoms with E-state index in [-0.39, 0.29) is 6.04 Å². The van der Waals surface area contributed by atoms with E-state index in [1.54, 1.807) is 0 Å². The smallest absolute Gasteiger partial charge is 0.250 e. The van der Waals surface area contributed by atoms with E-state index in [0.29, 0.717) is 6.42 Å². The summed E-state index contributed by atoms with van der Waals surface area (Å²) in [5, 5.41) is 12.6. The van der Waals surface area contributed by atoms with Crippen LogP contribution in [0.4, 0.5) is 0 Å². The van der Waals surface area contributed by atoms with Gasteiger partial charge in [0.2, 0.25) is 10.0 Å². The molecular weight excluding hydrogens is 256 g/mol. The van der Waals surface area contributed by atoms with Gasteiger partial charge in [-0.05, 0) is 19.3 Å². The van der Waals surface area contributed by atoms with E-state index in [1.165, 1.54) is 0 Å². The lowest BCUT2D eigenvalue weighted by Crippen LogP contribution is -2.50. The van der Waals surface area contributed by atoms with Crippen LogP contribution in [0, 0.1) is 0 Å². The molecule has 2 unspecified atom stereocenters. The van der Waals surface area contributed by atoms with Gasteiger partial charge in [0.05, 0.1) is 12.3 Å². The van der Waals surface area contributed by atoms with Crippen LogP contribution < -0.4 is 10.0 Å². The summed E-state index contributed by atoms with van der Waals surface area (Å²) in [7, 11) is -3.44. The molecule has 0 spiro atoms. The number of hydrogen-bond acceptors (Lipinski definition) is 4. The van der Waals surface area contributed by atoms with E-state index in [0.717, 1.165) is 31.9 Å². The van der Waals surface area contributed by atoms with Crippen LogP contribution in [0.2, 0.25) is 0 Å². The lowest BCUT2D eigenvalue weighted by molar-refractivity contribution is -0.130. The molecule has 0 radical (unpaired) electrons. The van der Waals surface area contributed by atoms with Crippen molar-refractivity contribution >= 4 is 15.9 Å². The molecule has 6 nitrogen and oxygen atoms in total. The Labute approximate surface area is 108 Å². The minimum absolute atomic E-state index is 0.150. The molecule has 1 rings (SSSR count). The van der Waals surface area contributed by atoms with Crippen molar-refractivity contribution in [1.29, 1.82) is 0 Å². The normalized spacial score (nSPS) is 19.3. The number of rotatable bonds is 8. The van der Waals surface area contributed by atoms with Gasteiger partial charge in [0.15, 0.2) is 0 Å². The van der Waals surface area contributed by atoms with E-state index in [2.05, 4.69) is 10.0 Å². The van der Waals surface area contributed by atoms with Crippen molar-refractivity contribution in [1.82, 2.24) is 10.0 Å². The standard InChI is InChI=1S/C11H22N2O4S/c1-3-4-5-9(13-18(2,16)17)10(14)11(15)12-8-6-7-8/h8-10,13-14H,3-7H2,1-2H3,(H,12,15). The van der Waals surface area contributed by atoms with Gasteiger partial charge in [-0.1, -0.05) is 19.8 Å². The van der Waals surface area contributed by atoms with Gasteiger partial charge in [-0.3, -0.25) is 4.79 Å². The Morgan fingerprint density at radius 3 is 2.50 bits per heavy atom. The number of sulfonamides is 1. The summed E-state index contributed by atoms with van der Waals surface area (Å²) >= 11 is 0. The number of aliphatic hydroxyl groups is 1. The fourth-order valence-corrected chi connectivity index (χ4v) is 2.47. The zero-order chi connectivity index (χ0) is 13.8. The first kappa shape index (κ1) is 15.4. The van der Waals surface area contributed by atoms with Crippen LogP contribution in [0.25, 0.3) is 0 Å². The Kier molecular flexibility index (Phi) is 5.55. The molecule has 2 atom stereocenters. The molecule has 0 heterocycles. The molecule has 7 heteroatoms. The Balaban J connectivity index is 2.57. The number of carbonyl (C=O) groups excluding carboxylic acids is 1. The zero-order valence-electron chi connectivity index (χ0n) is 10.8. The average Bonchev–Trinajstić information content (AvgIpc) is 3.05. The molecule has 0 aromatic rings. The van der Waals surface area contributed by atoms with Gasteiger partial charge in [0, 0.05) is 6.04 Å². The first-order valence-corrected chi connectivity index (χ1v) is 8.18. The van der Waals surface area contributed by atoms with Crippen LogP contribution in [0.5, 0.6) is 0 Å². The molecule has 1 saturated carbocycles. The van der Waals surface area contributed by atoms with Crippen molar-refractivity contribution in [3.8, 4) is 0 Å². The number of unbranched alkanes of at least 4 members (excludes halogenated alkanes) is 1. The SMILES string of the molecule is CCCCC(NS(C)(=O)=O)C(O)C(=O)NC1CC1. The second-order valence-electron chi connectivity index (χ2n) is 4.87.